The van der Waals surface area contributed by atoms with E-state index in [2.05, 4.69) is 35.1 Å². The van der Waals surface area contributed by atoms with Gasteiger partial charge in [-0.2, -0.15) is 0 Å². The second kappa shape index (κ2) is 9.06. The van der Waals surface area contributed by atoms with Crippen LogP contribution in [0.1, 0.15) is 71.2 Å². The van der Waals surface area contributed by atoms with Crippen LogP contribution < -0.4 is 5.32 Å². The largest absolute Gasteiger partial charge is 0.462 e. The molecule has 0 unspecified atom stereocenters. The lowest BCUT2D eigenvalue weighted by atomic mass is 9.95. The van der Waals surface area contributed by atoms with Crippen molar-refractivity contribution >= 4 is 29.0 Å². The van der Waals surface area contributed by atoms with Gasteiger partial charge in [0, 0.05) is 22.3 Å². The van der Waals surface area contributed by atoms with E-state index < -0.39 is 5.97 Å². The highest BCUT2D eigenvalue weighted by atomic mass is 32.1. The van der Waals surface area contributed by atoms with E-state index in [4.69, 9.17) is 4.74 Å². The number of nitrogens with zero attached hydrogens (tertiary/aromatic N) is 2. The zero-order chi connectivity index (χ0) is 22.9. The van der Waals surface area contributed by atoms with Crippen LogP contribution in [0.3, 0.4) is 0 Å². The predicted molar refractivity (Wildman–Crippen MR) is 130 cm³/mol. The zero-order valence-electron chi connectivity index (χ0n) is 19.1. The number of thiophene rings is 1. The van der Waals surface area contributed by atoms with Gasteiger partial charge in [0.15, 0.2) is 0 Å². The van der Waals surface area contributed by atoms with Crippen LogP contribution in [0, 0.1) is 0 Å². The molecule has 6 nitrogen and oxygen atoms in total. The van der Waals surface area contributed by atoms with Gasteiger partial charge in [-0.3, -0.25) is 0 Å². The standard InChI is InChI=1S/C26H29N3O3S/c1-3-21-22-13-9-15-28(22)24-19(17-10-6-8-14-23(17)33-24)16-29(21)26(31)27-20-12-7-5-11-18(20)25(30)32-4-2/h5,7,9,11-13,15,21H,3-4,6,8,10,14,16H2,1-2H3,(H,27,31)/t21-/m1/s1. The van der Waals surface area contributed by atoms with Crippen molar-refractivity contribution in [3.63, 3.8) is 0 Å². The van der Waals surface area contributed by atoms with E-state index in [9.17, 15) is 9.59 Å². The minimum Gasteiger partial charge on any atom is -0.462 e. The van der Waals surface area contributed by atoms with Crippen molar-refractivity contribution < 1.29 is 14.3 Å². The average Bonchev–Trinajstić information content (AvgIpc) is 3.41. The zero-order valence-corrected chi connectivity index (χ0v) is 19.9. The summed E-state index contributed by atoms with van der Waals surface area (Å²) < 4.78 is 7.47. The lowest BCUT2D eigenvalue weighted by molar-refractivity contribution is 0.0527. The second-order valence-electron chi connectivity index (χ2n) is 8.55. The molecule has 3 aromatic rings. The molecule has 172 valence electrons. The fraction of sp³-hybridized carbons (Fsp3) is 0.385. The molecule has 3 heterocycles. The molecule has 5 rings (SSSR count). The number of benzene rings is 1. The third-order valence-electron chi connectivity index (χ3n) is 6.62. The number of rotatable bonds is 4. The van der Waals surface area contributed by atoms with Crippen LogP contribution in [-0.2, 0) is 24.1 Å². The van der Waals surface area contributed by atoms with Crippen LogP contribution in [0.4, 0.5) is 10.5 Å². The summed E-state index contributed by atoms with van der Waals surface area (Å²) in [6.45, 7) is 4.74. The van der Waals surface area contributed by atoms with Crippen molar-refractivity contribution in [1.82, 2.24) is 9.47 Å². The lowest BCUT2D eigenvalue weighted by Crippen LogP contribution is -2.37. The van der Waals surface area contributed by atoms with Crippen LogP contribution in [0.2, 0.25) is 0 Å². The molecule has 0 saturated carbocycles. The van der Waals surface area contributed by atoms with Crippen LogP contribution in [-0.4, -0.2) is 28.1 Å². The number of ether oxygens (including phenoxy) is 1. The molecule has 0 spiro atoms. The highest BCUT2D eigenvalue weighted by Crippen LogP contribution is 2.43. The van der Waals surface area contributed by atoms with Gasteiger partial charge in [-0.25, -0.2) is 9.59 Å². The van der Waals surface area contributed by atoms with Crippen molar-refractivity contribution in [2.45, 2.75) is 58.5 Å². The summed E-state index contributed by atoms with van der Waals surface area (Å²) in [7, 11) is 0. The fourth-order valence-corrected chi connectivity index (χ4v) is 6.48. The molecular weight excluding hydrogens is 434 g/mol. The summed E-state index contributed by atoms with van der Waals surface area (Å²) in [5.74, 6) is -0.431. The number of hydrogen-bond acceptors (Lipinski definition) is 4. The third kappa shape index (κ3) is 3.84. The molecule has 2 amide bonds. The normalized spacial score (nSPS) is 16.9. The number of esters is 1. The van der Waals surface area contributed by atoms with Gasteiger partial charge in [0.25, 0.3) is 0 Å². The van der Waals surface area contributed by atoms with Crippen molar-refractivity contribution in [3.8, 4) is 5.00 Å². The highest BCUT2D eigenvalue weighted by Gasteiger charge is 2.34. The number of fused-ring (bicyclic) bond motifs is 5. The average molecular weight is 464 g/mol. The van der Waals surface area contributed by atoms with Gasteiger partial charge in [0.05, 0.1) is 30.4 Å². The number of carbonyl (C=O) groups is 2. The molecule has 1 N–H and O–H groups in total. The van der Waals surface area contributed by atoms with Gasteiger partial charge in [0.2, 0.25) is 0 Å². The van der Waals surface area contributed by atoms with Crippen molar-refractivity contribution in [2.75, 3.05) is 11.9 Å². The van der Waals surface area contributed by atoms with Gasteiger partial charge < -0.3 is 19.5 Å². The molecule has 2 aromatic heterocycles. The second-order valence-corrected chi connectivity index (χ2v) is 9.63. The number of aromatic nitrogens is 1. The molecule has 7 heteroatoms. The Morgan fingerprint density at radius 3 is 2.73 bits per heavy atom. The van der Waals surface area contributed by atoms with E-state index in [1.165, 1.54) is 33.8 Å². The van der Waals surface area contributed by atoms with Crippen molar-refractivity contribution in [1.29, 1.82) is 0 Å². The number of amides is 2. The molecule has 1 aromatic carbocycles. The molecule has 1 aliphatic heterocycles. The van der Waals surface area contributed by atoms with Gasteiger partial charge in [-0.05, 0) is 68.9 Å². The monoisotopic (exact) mass is 463 g/mol. The Morgan fingerprint density at radius 2 is 1.91 bits per heavy atom. The first-order chi connectivity index (χ1) is 16.1. The number of anilines is 1. The molecule has 0 bridgehead atoms. The van der Waals surface area contributed by atoms with E-state index in [0.717, 1.165) is 25.0 Å². The van der Waals surface area contributed by atoms with Crippen LogP contribution in [0.15, 0.2) is 42.6 Å². The van der Waals surface area contributed by atoms with Crippen molar-refractivity contribution in [3.05, 3.63) is 69.9 Å². The van der Waals surface area contributed by atoms with E-state index >= 15 is 0 Å². The Bertz CT molecular complexity index is 1200. The summed E-state index contributed by atoms with van der Waals surface area (Å²) >= 11 is 1.88. The predicted octanol–water partition coefficient (Wildman–Crippen LogP) is 6.09. The van der Waals surface area contributed by atoms with Gasteiger partial charge in [0.1, 0.15) is 5.00 Å². The van der Waals surface area contributed by atoms with E-state index in [1.807, 2.05) is 22.3 Å². The van der Waals surface area contributed by atoms with Gasteiger partial charge in [-0.1, -0.05) is 19.1 Å². The molecule has 33 heavy (non-hydrogen) atoms. The van der Waals surface area contributed by atoms with Crippen LogP contribution in [0.5, 0.6) is 0 Å². The number of aryl methyl sites for hydroxylation is 1. The van der Waals surface area contributed by atoms with Crippen LogP contribution >= 0.6 is 11.3 Å². The molecule has 1 aliphatic carbocycles. The summed E-state index contributed by atoms with van der Waals surface area (Å²) in [6, 6.07) is 11.0. The van der Waals surface area contributed by atoms with E-state index in [1.54, 1.807) is 25.1 Å². The molecule has 0 radical (unpaired) electrons. The number of hydrogen-bond donors (Lipinski definition) is 1. The molecular formula is C26H29N3O3S. The Hall–Kier alpha value is -3.06. The Kier molecular flexibility index (Phi) is 5.98. The van der Waals surface area contributed by atoms with Crippen molar-refractivity contribution in [2.24, 2.45) is 0 Å². The number of para-hydroxylation sites is 1. The Morgan fingerprint density at radius 1 is 1.09 bits per heavy atom. The fourth-order valence-electron chi connectivity index (χ4n) is 5.07. The first kappa shape index (κ1) is 21.8. The van der Waals surface area contributed by atoms with E-state index in [0.29, 0.717) is 17.8 Å². The first-order valence-electron chi connectivity index (χ1n) is 11.8. The summed E-state index contributed by atoms with van der Waals surface area (Å²) in [6.07, 6.45) is 7.56. The van der Waals surface area contributed by atoms with Gasteiger partial charge >= 0.3 is 12.0 Å². The smallest absolute Gasteiger partial charge is 0.340 e. The maximum atomic E-state index is 13.7. The molecule has 0 fully saturated rings. The molecule has 0 saturated heterocycles. The Labute approximate surface area is 198 Å². The maximum Gasteiger partial charge on any atom is 0.340 e. The number of carbonyl (C=O) groups excluding carboxylic acids is 2. The maximum absolute atomic E-state index is 13.7. The lowest BCUT2D eigenvalue weighted by Gasteiger charge is -2.30. The quantitative estimate of drug-likeness (QED) is 0.476. The minimum atomic E-state index is -0.431. The SMILES string of the molecule is CCOC(=O)c1ccccc1NC(=O)N1Cc2c(sc3c2CCCC3)-n2cccc2[C@H]1CC. The van der Waals surface area contributed by atoms with E-state index in [-0.39, 0.29) is 18.7 Å². The molecule has 2 aliphatic rings. The molecule has 1 atom stereocenters. The number of nitrogens with one attached hydrogen (secondary N) is 1. The number of urea groups is 1. The first-order valence-corrected chi connectivity index (χ1v) is 12.6. The van der Waals surface area contributed by atoms with Crippen LogP contribution in [0.25, 0.3) is 5.00 Å². The Balaban J connectivity index is 1.53. The van der Waals surface area contributed by atoms with Gasteiger partial charge in [-0.15, -0.1) is 11.3 Å². The summed E-state index contributed by atoms with van der Waals surface area (Å²) in [5.41, 5.74) is 4.68. The third-order valence-corrected chi connectivity index (χ3v) is 7.95. The topological polar surface area (TPSA) is 63.6 Å². The minimum absolute atomic E-state index is 0.0615. The summed E-state index contributed by atoms with van der Waals surface area (Å²) in [4.78, 5) is 29.5. The highest BCUT2D eigenvalue weighted by molar-refractivity contribution is 7.15. The summed E-state index contributed by atoms with van der Waals surface area (Å²) in [5, 5.41) is 4.27.